The van der Waals surface area contributed by atoms with Gasteiger partial charge in [0, 0.05) is 5.56 Å². The molecule has 0 atom stereocenters. The van der Waals surface area contributed by atoms with Crippen molar-refractivity contribution >= 4 is 5.78 Å². The van der Waals surface area contributed by atoms with Crippen LogP contribution in [0.15, 0.2) is 12.1 Å². The Hall–Kier alpha value is -1.53. The van der Waals surface area contributed by atoms with Crippen LogP contribution in [0, 0.1) is 6.92 Å². The molecular weight excluding hydrogens is 262 g/mol. The minimum absolute atomic E-state index is 0.136. The van der Waals surface area contributed by atoms with E-state index in [0.717, 1.165) is 13.8 Å². The van der Waals surface area contributed by atoms with Crippen molar-refractivity contribution in [3.63, 3.8) is 0 Å². The number of carbonyl (C=O) groups is 1. The van der Waals surface area contributed by atoms with E-state index in [9.17, 15) is 31.1 Å². The van der Waals surface area contributed by atoms with E-state index in [1.165, 1.54) is 0 Å². The lowest BCUT2D eigenvalue weighted by atomic mass is 9.96. The minimum Gasteiger partial charge on any atom is -0.295 e. The second-order valence-corrected chi connectivity index (χ2v) is 3.76. The molecule has 0 bridgehead atoms. The highest BCUT2D eigenvalue weighted by Gasteiger charge is 2.43. The van der Waals surface area contributed by atoms with Crippen LogP contribution in [-0.2, 0) is 12.4 Å². The van der Waals surface area contributed by atoms with Gasteiger partial charge in [-0.1, -0.05) is 0 Å². The number of carbonyl (C=O) groups excluding carboxylic acids is 1. The minimum atomic E-state index is -5.16. The van der Waals surface area contributed by atoms with Crippen molar-refractivity contribution in [2.75, 3.05) is 0 Å². The Balaban J connectivity index is 3.64. The quantitative estimate of drug-likeness (QED) is 0.551. The first-order valence-corrected chi connectivity index (χ1v) is 4.74. The maximum absolute atomic E-state index is 12.5. The first-order chi connectivity index (χ1) is 7.94. The summed E-state index contributed by atoms with van der Waals surface area (Å²) in [6.45, 7) is 2.15. The molecule has 18 heavy (non-hydrogen) atoms. The third kappa shape index (κ3) is 2.83. The number of rotatable bonds is 1. The van der Waals surface area contributed by atoms with E-state index in [1.807, 2.05) is 0 Å². The molecule has 1 aromatic carbocycles. The number of hydrogen-bond acceptors (Lipinski definition) is 1. The molecule has 0 N–H and O–H groups in total. The number of Topliss-reactive ketones (excluding diaryl/α,β-unsaturated/α-hetero) is 1. The first kappa shape index (κ1) is 14.5. The number of halogens is 6. The third-order valence-corrected chi connectivity index (χ3v) is 2.35. The second-order valence-electron chi connectivity index (χ2n) is 3.76. The van der Waals surface area contributed by atoms with Crippen LogP contribution in [0.4, 0.5) is 26.3 Å². The number of benzene rings is 1. The van der Waals surface area contributed by atoms with Crippen LogP contribution in [0.25, 0.3) is 0 Å². The molecule has 0 aliphatic heterocycles. The number of hydrogen-bond donors (Lipinski definition) is 0. The van der Waals surface area contributed by atoms with Gasteiger partial charge in [0.05, 0.1) is 11.1 Å². The Kier molecular flexibility index (Phi) is 3.47. The summed E-state index contributed by atoms with van der Waals surface area (Å²) in [6.07, 6.45) is -10.3. The molecular formula is C11H8F6O. The molecule has 0 saturated heterocycles. The van der Waals surface area contributed by atoms with Gasteiger partial charge in [-0.15, -0.1) is 0 Å². The molecule has 0 heterocycles. The van der Waals surface area contributed by atoms with Crippen molar-refractivity contribution in [2.45, 2.75) is 26.2 Å². The van der Waals surface area contributed by atoms with Crippen LogP contribution in [0.2, 0.25) is 0 Å². The fourth-order valence-corrected chi connectivity index (χ4v) is 1.56. The smallest absolute Gasteiger partial charge is 0.295 e. The molecule has 1 rings (SSSR count). The second kappa shape index (κ2) is 4.29. The molecule has 1 aromatic rings. The highest BCUT2D eigenvalue weighted by Crippen LogP contribution is 2.41. The molecule has 0 aliphatic carbocycles. The summed E-state index contributed by atoms with van der Waals surface area (Å²) in [7, 11) is 0. The lowest BCUT2D eigenvalue weighted by Gasteiger charge is -2.17. The van der Waals surface area contributed by atoms with Crippen LogP contribution in [-0.4, -0.2) is 5.78 Å². The van der Waals surface area contributed by atoms with Gasteiger partial charge in [0.2, 0.25) is 0 Å². The molecule has 0 spiro atoms. The fraction of sp³-hybridized carbons (Fsp3) is 0.364. The van der Waals surface area contributed by atoms with Crippen LogP contribution < -0.4 is 0 Å². The molecule has 0 radical (unpaired) electrons. The van der Waals surface area contributed by atoms with Gasteiger partial charge in [0.1, 0.15) is 0 Å². The van der Waals surface area contributed by atoms with Gasteiger partial charge in [-0.05, 0) is 31.5 Å². The molecule has 100 valence electrons. The standard InChI is InChI=1S/C11H8F6O/c1-5-3-8(10(12,13)14)9(11(15,16)17)4-7(5)6(2)18/h3-4H,1-2H3. The molecule has 0 saturated carbocycles. The molecule has 0 aliphatic rings. The van der Waals surface area contributed by atoms with E-state index in [-0.39, 0.29) is 17.2 Å². The van der Waals surface area contributed by atoms with E-state index in [0.29, 0.717) is 6.07 Å². The summed E-state index contributed by atoms with van der Waals surface area (Å²) >= 11 is 0. The van der Waals surface area contributed by atoms with E-state index < -0.39 is 29.3 Å². The van der Waals surface area contributed by atoms with Gasteiger partial charge in [-0.3, -0.25) is 4.79 Å². The van der Waals surface area contributed by atoms with E-state index >= 15 is 0 Å². The monoisotopic (exact) mass is 270 g/mol. The molecule has 7 heteroatoms. The van der Waals surface area contributed by atoms with Gasteiger partial charge in [-0.25, -0.2) is 0 Å². The van der Waals surface area contributed by atoms with Gasteiger partial charge in [0.25, 0.3) is 0 Å². The zero-order chi connectivity index (χ0) is 14.3. The van der Waals surface area contributed by atoms with Crippen molar-refractivity contribution in [1.29, 1.82) is 0 Å². The van der Waals surface area contributed by atoms with Crippen LogP contribution in [0.5, 0.6) is 0 Å². The lowest BCUT2D eigenvalue weighted by molar-refractivity contribution is -0.162. The molecule has 0 amide bonds. The normalized spacial score (nSPS) is 12.7. The van der Waals surface area contributed by atoms with Gasteiger partial charge in [0.15, 0.2) is 5.78 Å². The molecule has 0 fully saturated rings. The van der Waals surface area contributed by atoms with Crippen LogP contribution in [0.1, 0.15) is 34.0 Å². The van der Waals surface area contributed by atoms with Gasteiger partial charge < -0.3 is 0 Å². The molecule has 0 aromatic heterocycles. The maximum atomic E-state index is 12.5. The van der Waals surface area contributed by atoms with Crippen molar-refractivity contribution in [3.8, 4) is 0 Å². The average molecular weight is 270 g/mol. The summed E-state index contributed by atoms with van der Waals surface area (Å²) in [5.41, 5.74) is -4.12. The maximum Gasteiger partial charge on any atom is 0.417 e. The van der Waals surface area contributed by atoms with Crippen molar-refractivity contribution < 1.29 is 31.1 Å². The Morgan fingerprint density at radius 3 is 1.67 bits per heavy atom. The lowest BCUT2D eigenvalue weighted by Crippen LogP contribution is -2.18. The topological polar surface area (TPSA) is 17.1 Å². The summed E-state index contributed by atoms with van der Waals surface area (Å²) in [6, 6.07) is 0.597. The van der Waals surface area contributed by atoms with Crippen molar-refractivity contribution in [3.05, 3.63) is 34.4 Å². The van der Waals surface area contributed by atoms with Gasteiger partial charge in [-0.2, -0.15) is 26.3 Å². The Bertz CT molecular complexity index is 484. The summed E-state index contributed by atoms with van der Waals surface area (Å²) < 4.78 is 75.1. The Morgan fingerprint density at radius 1 is 0.944 bits per heavy atom. The molecule has 0 unspecified atom stereocenters. The SMILES string of the molecule is CC(=O)c1cc(C(F)(F)F)c(C(F)(F)F)cc1C. The first-order valence-electron chi connectivity index (χ1n) is 4.74. The summed E-state index contributed by atoms with van der Waals surface area (Å²) in [5, 5.41) is 0. The Morgan fingerprint density at radius 2 is 1.33 bits per heavy atom. The highest BCUT2D eigenvalue weighted by atomic mass is 19.4. The van der Waals surface area contributed by atoms with Crippen molar-refractivity contribution in [1.82, 2.24) is 0 Å². The van der Waals surface area contributed by atoms with Crippen molar-refractivity contribution in [2.24, 2.45) is 0 Å². The van der Waals surface area contributed by atoms with Gasteiger partial charge >= 0.3 is 12.4 Å². The third-order valence-electron chi connectivity index (χ3n) is 2.35. The number of alkyl halides is 6. The average Bonchev–Trinajstić information content (AvgIpc) is 2.13. The fourth-order valence-electron chi connectivity index (χ4n) is 1.56. The summed E-state index contributed by atoms with van der Waals surface area (Å²) in [4.78, 5) is 11.1. The zero-order valence-corrected chi connectivity index (χ0v) is 9.33. The predicted octanol–water partition coefficient (Wildman–Crippen LogP) is 4.24. The number of ketones is 1. The van der Waals surface area contributed by atoms with E-state index in [1.54, 1.807) is 0 Å². The van der Waals surface area contributed by atoms with E-state index in [4.69, 9.17) is 0 Å². The highest BCUT2D eigenvalue weighted by molar-refractivity contribution is 5.95. The number of aryl methyl sites for hydroxylation is 1. The summed E-state index contributed by atoms with van der Waals surface area (Å²) in [5.74, 6) is -0.716. The largest absolute Gasteiger partial charge is 0.417 e. The van der Waals surface area contributed by atoms with Crippen LogP contribution in [0.3, 0.4) is 0 Å². The van der Waals surface area contributed by atoms with E-state index in [2.05, 4.69) is 0 Å². The Labute approximate surface area is 98.4 Å². The molecule has 1 nitrogen and oxygen atoms in total. The predicted molar refractivity (Wildman–Crippen MR) is 51.2 cm³/mol. The zero-order valence-electron chi connectivity index (χ0n) is 9.33. The van der Waals surface area contributed by atoms with Crippen LogP contribution >= 0.6 is 0 Å².